The second-order valence-electron chi connectivity index (χ2n) is 7.46. The molecule has 25 heavy (non-hydrogen) atoms. The van der Waals surface area contributed by atoms with E-state index in [4.69, 9.17) is 4.42 Å². The summed E-state index contributed by atoms with van der Waals surface area (Å²) in [5.74, 6) is 1.08. The molecule has 0 saturated carbocycles. The Morgan fingerprint density at radius 2 is 2.20 bits per heavy atom. The van der Waals surface area contributed by atoms with Crippen LogP contribution in [0, 0.1) is 0 Å². The molecule has 6 heteroatoms. The minimum absolute atomic E-state index is 0.000557. The molecule has 2 aromatic rings. The van der Waals surface area contributed by atoms with E-state index in [-0.39, 0.29) is 24.2 Å². The van der Waals surface area contributed by atoms with E-state index in [1.807, 2.05) is 17.0 Å². The smallest absolute Gasteiger partial charge is 0.318 e. The van der Waals surface area contributed by atoms with Gasteiger partial charge >= 0.3 is 6.03 Å². The Labute approximate surface area is 146 Å². The quantitative estimate of drug-likeness (QED) is 0.875. The van der Waals surface area contributed by atoms with Crippen molar-refractivity contribution in [2.75, 3.05) is 32.8 Å². The van der Waals surface area contributed by atoms with Crippen LogP contribution in [0.2, 0.25) is 0 Å². The first-order valence-corrected chi connectivity index (χ1v) is 9.12. The van der Waals surface area contributed by atoms with Gasteiger partial charge in [-0.3, -0.25) is 4.90 Å². The molecular formula is C19H23N3O3. The van der Waals surface area contributed by atoms with Gasteiger partial charge in [-0.05, 0) is 25.3 Å². The molecule has 2 atom stereocenters. The van der Waals surface area contributed by atoms with Crippen LogP contribution in [-0.4, -0.2) is 59.3 Å². The van der Waals surface area contributed by atoms with Crippen molar-refractivity contribution >= 4 is 17.0 Å². The van der Waals surface area contributed by atoms with E-state index in [1.165, 1.54) is 10.9 Å². The average Bonchev–Trinajstić information content (AvgIpc) is 3.16. The lowest BCUT2D eigenvalue weighted by Crippen LogP contribution is -2.57. The summed E-state index contributed by atoms with van der Waals surface area (Å²) in [5, 5.41) is 13.6. The Hall–Kier alpha value is -2.05. The van der Waals surface area contributed by atoms with Crippen LogP contribution in [0.1, 0.15) is 30.2 Å². The number of nitrogens with zero attached hydrogens (tertiary/aromatic N) is 2. The lowest BCUT2D eigenvalue weighted by Gasteiger charge is -2.48. The highest BCUT2D eigenvalue weighted by molar-refractivity contribution is 5.83. The van der Waals surface area contributed by atoms with Gasteiger partial charge in [0.2, 0.25) is 0 Å². The Bertz CT molecular complexity index is 832. The predicted octanol–water partition coefficient (Wildman–Crippen LogP) is 1.88. The SMILES string of the molecule is O=C1NCC2(CCN3CCc4c(oc5ccccc45)C3C2)N1CCO. The van der Waals surface area contributed by atoms with E-state index < -0.39 is 0 Å². The summed E-state index contributed by atoms with van der Waals surface area (Å²) >= 11 is 0. The summed E-state index contributed by atoms with van der Waals surface area (Å²) in [5.41, 5.74) is 2.08. The molecule has 1 spiro atoms. The summed E-state index contributed by atoms with van der Waals surface area (Å²) in [6, 6.07) is 8.41. The maximum atomic E-state index is 12.3. The number of aliphatic hydroxyl groups is 1. The number of para-hydroxylation sites is 1. The van der Waals surface area contributed by atoms with Crippen LogP contribution in [0.15, 0.2) is 28.7 Å². The lowest BCUT2D eigenvalue weighted by atomic mass is 9.79. The van der Waals surface area contributed by atoms with Gasteiger partial charge in [-0.1, -0.05) is 18.2 Å². The number of β-amino-alcohol motifs (C(OH)–C–C–N with tert-alkyl or cyclic N) is 1. The van der Waals surface area contributed by atoms with E-state index in [9.17, 15) is 9.90 Å². The van der Waals surface area contributed by atoms with E-state index in [0.29, 0.717) is 13.1 Å². The number of amides is 2. The van der Waals surface area contributed by atoms with Crippen molar-refractivity contribution in [2.45, 2.75) is 30.8 Å². The minimum atomic E-state index is -0.214. The van der Waals surface area contributed by atoms with Gasteiger partial charge in [-0.15, -0.1) is 0 Å². The molecule has 2 saturated heterocycles. The number of furan rings is 1. The summed E-state index contributed by atoms with van der Waals surface area (Å²) in [4.78, 5) is 16.6. The lowest BCUT2D eigenvalue weighted by molar-refractivity contribution is 0.0166. The number of aliphatic hydroxyl groups excluding tert-OH is 1. The Balaban J connectivity index is 1.54. The highest BCUT2D eigenvalue weighted by Gasteiger charge is 2.51. The molecule has 1 aromatic carbocycles. The first-order chi connectivity index (χ1) is 12.2. The number of piperidine rings is 1. The van der Waals surface area contributed by atoms with Crippen LogP contribution in [0.5, 0.6) is 0 Å². The van der Waals surface area contributed by atoms with Gasteiger partial charge in [0, 0.05) is 37.1 Å². The standard InChI is InChI=1S/C19H23N3O3/c23-10-9-22-18(24)20-12-19(22)6-8-21-7-5-14-13-3-1-2-4-16(13)25-17(14)15(21)11-19/h1-4,15,23H,5-12H2,(H,20,24). The molecule has 6 nitrogen and oxygen atoms in total. The number of benzene rings is 1. The van der Waals surface area contributed by atoms with Crippen LogP contribution in [0.25, 0.3) is 11.0 Å². The fraction of sp³-hybridized carbons (Fsp3) is 0.526. The molecular weight excluding hydrogens is 318 g/mol. The van der Waals surface area contributed by atoms with Crippen molar-refractivity contribution < 1.29 is 14.3 Å². The molecule has 4 heterocycles. The normalized spacial score (nSPS) is 29.1. The van der Waals surface area contributed by atoms with Crippen molar-refractivity contribution in [1.29, 1.82) is 0 Å². The maximum Gasteiger partial charge on any atom is 0.318 e. The number of urea groups is 1. The second-order valence-corrected chi connectivity index (χ2v) is 7.46. The van der Waals surface area contributed by atoms with Gasteiger partial charge in [-0.25, -0.2) is 4.79 Å². The van der Waals surface area contributed by atoms with Gasteiger partial charge in [0.05, 0.1) is 18.2 Å². The summed E-state index contributed by atoms with van der Waals surface area (Å²) in [7, 11) is 0. The number of carbonyl (C=O) groups excluding carboxylic acids is 1. The molecule has 2 unspecified atom stereocenters. The predicted molar refractivity (Wildman–Crippen MR) is 93.4 cm³/mol. The van der Waals surface area contributed by atoms with Gasteiger partial charge < -0.3 is 19.7 Å². The zero-order chi connectivity index (χ0) is 17.0. The zero-order valence-corrected chi connectivity index (χ0v) is 14.2. The Kier molecular flexibility index (Phi) is 3.33. The summed E-state index contributed by atoms with van der Waals surface area (Å²) < 4.78 is 6.27. The van der Waals surface area contributed by atoms with Crippen molar-refractivity contribution in [3.05, 3.63) is 35.6 Å². The van der Waals surface area contributed by atoms with Crippen LogP contribution in [0.3, 0.4) is 0 Å². The molecule has 0 aliphatic carbocycles. The average molecular weight is 341 g/mol. The number of hydrogen-bond acceptors (Lipinski definition) is 4. The van der Waals surface area contributed by atoms with Gasteiger partial charge in [-0.2, -0.15) is 0 Å². The third-order valence-corrected chi connectivity index (χ3v) is 6.27. The highest BCUT2D eigenvalue weighted by Crippen LogP contribution is 2.46. The topological polar surface area (TPSA) is 69.0 Å². The fourth-order valence-electron chi connectivity index (χ4n) is 5.02. The molecule has 0 radical (unpaired) electrons. The second kappa shape index (κ2) is 5.47. The Morgan fingerprint density at radius 1 is 1.32 bits per heavy atom. The third-order valence-electron chi connectivity index (χ3n) is 6.27. The molecule has 2 N–H and O–H groups in total. The van der Waals surface area contributed by atoms with Crippen LogP contribution in [0.4, 0.5) is 4.79 Å². The fourth-order valence-corrected chi connectivity index (χ4v) is 5.02. The largest absolute Gasteiger partial charge is 0.459 e. The number of fused-ring (bicyclic) bond motifs is 5. The number of hydrogen-bond donors (Lipinski definition) is 2. The van der Waals surface area contributed by atoms with Crippen molar-refractivity contribution in [3.63, 3.8) is 0 Å². The van der Waals surface area contributed by atoms with Gasteiger partial charge in [0.25, 0.3) is 0 Å². The van der Waals surface area contributed by atoms with Gasteiger partial charge in [0.15, 0.2) is 0 Å². The first-order valence-electron chi connectivity index (χ1n) is 9.12. The molecule has 1 aromatic heterocycles. The molecule has 0 bridgehead atoms. The van der Waals surface area contributed by atoms with Crippen molar-refractivity contribution in [3.8, 4) is 0 Å². The monoisotopic (exact) mass is 341 g/mol. The summed E-state index contributed by atoms with van der Waals surface area (Å²) in [6.07, 6.45) is 2.82. The molecule has 5 rings (SSSR count). The van der Waals surface area contributed by atoms with E-state index in [1.54, 1.807) is 0 Å². The van der Waals surface area contributed by atoms with Crippen LogP contribution < -0.4 is 5.32 Å². The number of nitrogens with one attached hydrogen (secondary N) is 1. The van der Waals surface area contributed by atoms with Crippen molar-refractivity contribution in [1.82, 2.24) is 15.1 Å². The third kappa shape index (κ3) is 2.14. The van der Waals surface area contributed by atoms with E-state index >= 15 is 0 Å². The van der Waals surface area contributed by atoms with E-state index in [2.05, 4.69) is 22.3 Å². The molecule has 3 aliphatic heterocycles. The van der Waals surface area contributed by atoms with Crippen LogP contribution >= 0.6 is 0 Å². The Morgan fingerprint density at radius 3 is 3.08 bits per heavy atom. The van der Waals surface area contributed by atoms with E-state index in [0.717, 1.165) is 43.7 Å². The summed E-state index contributed by atoms with van der Waals surface area (Å²) in [6.45, 7) is 3.05. The zero-order valence-electron chi connectivity index (χ0n) is 14.2. The van der Waals surface area contributed by atoms with Crippen molar-refractivity contribution in [2.24, 2.45) is 0 Å². The molecule has 2 amide bonds. The molecule has 2 fully saturated rings. The number of carbonyl (C=O) groups is 1. The first kappa shape index (κ1) is 15.2. The number of rotatable bonds is 2. The van der Waals surface area contributed by atoms with Gasteiger partial charge in [0.1, 0.15) is 11.3 Å². The molecule has 132 valence electrons. The molecule has 3 aliphatic rings. The maximum absolute atomic E-state index is 12.3. The highest BCUT2D eigenvalue weighted by atomic mass is 16.3. The minimum Gasteiger partial charge on any atom is -0.459 e. The van der Waals surface area contributed by atoms with Crippen LogP contribution in [-0.2, 0) is 6.42 Å².